The van der Waals surface area contributed by atoms with Crippen LogP contribution in [0.5, 0.6) is 0 Å². The summed E-state index contributed by atoms with van der Waals surface area (Å²) in [4.78, 5) is 16.0. The van der Waals surface area contributed by atoms with E-state index in [1.165, 1.54) is 11.3 Å². The van der Waals surface area contributed by atoms with E-state index in [0.717, 1.165) is 27.0 Å². The van der Waals surface area contributed by atoms with Gasteiger partial charge < -0.3 is 10.4 Å². The maximum atomic E-state index is 10.6. The zero-order valence-electron chi connectivity index (χ0n) is 11.2. The Balaban J connectivity index is 2.13. The maximum absolute atomic E-state index is 10.6. The number of hydrogen-bond donors (Lipinski definition) is 2. The van der Waals surface area contributed by atoms with Crippen LogP contribution in [0.15, 0.2) is 18.2 Å². The van der Waals surface area contributed by atoms with Gasteiger partial charge in [-0.3, -0.25) is 4.79 Å². The first-order valence-electron chi connectivity index (χ1n) is 6.17. The number of carbonyl (C=O) groups is 1. The van der Waals surface area contributed by atoms with Crippen molar-refractivity contribution in [2.75, 3.05) is 5.32 Å². The van der Waals surface area contributed by atoms with Crippen molar-refractivity contribution in [3.05, 3.63) is 39.4 Å². The van der Waals surface area contributed by atoms with E-state index in [-0.39, 0.29) is 6.42 Å². The van der Waals surface area contributed by atoms with Gasteiger partial charge in [0, 0.05) is 15.6 Å². The van der Waals surface area contributed by atoms with Crippen molar-refractivity contribution in [3.63, 3.8) is 0 Å². The first kappa shape index (κ1) is 14.8. The van der Waals surface area contributed by atoms with Crippen molar-refractivity contribution in [3.8, 4) is 0 Å². The minimum atomic E-state index is -0.791. The van der Waals surface area contributed by atoms with Crippen LogP contribution in [0.2, 0.25) is 5.02 Å². The Morgan fingerprint density at radius 1 is 1.45 bits per heavy atom. The highest BCUT2D eigenvalue weighted by Crippen LogP contribution is 2.29. The van der Waals surface area contributed by atoms with Gasteiger partial charge in [-0.1, -0.05) is 11.6 Å². The zero-order chi connectivity index (χ0) is 14.7. The molecule has 0 radical (unpaired) electrons. The molecule has 0 amide bonds. The van der Waals surface area contributed by atoms with Crippen molar-refractivity contribution in [1.82, 2.24) is 4.98 Å². The number of thiazole rings is 1. The van der Waals surface area contributed by atoms with Gasteiger partial charge in [-0.25, -0.2) is 4.98 Å². The lowest BCUT2D eigenvalue weighted by molar-refractivity contribution is -0.136. The highest BCUT2D eigenvalue weighted by Gasteiger charge is 2.10. The van der Waals surface area contributed by atoms with Gasteiger partial charge in [-0.05, 0) is 44.0 Å². The summed E-state index contributed by atoms with van der Waals surface area (Å²) in [6.45, 7) is 3.87. The molecule has 4 nitrogen and oxygen atoms in total. The number of aliphatic carboxylic acids is 1. The summed E-state index contributed by atoms with van der Waals surface area (Å²) in [5, 5.41) is 13.4. The van der Waals surface area contributed by atoms with Gasteiger partial charge in [0.1, 0.15) is 0 Å². The first-order chi connectivity index (χ1) is 9.45. The molecule has 1 heterocycles. The summed E-state index contributed by atoms with van der Waals surface area (Å²) in [7, 11) is 0. The standard InChI is InChI=1S/C14H15ClN2O2S/c1-8-7-10(15)3-4-11(8)17-14-16-9(2)12(20-14)5-6-13(18)19/h3-4,7H,5-6H2,1-2H3,(H,16,17)(H,18,19). The Kier molecular flexibility index (Phi) is 4.62. The van der Waals surface area contributed by atoms with E-state index in [4.69, 9.17) is 16.7 Å². The molecule has 0 saturated heterocycles. The fourth-order valence-corrected chi connectivity index (χ4v) is 3.02. The van der Waals surface area contributed by atoms with Crippen LogP contribution >= 0.6 is 22.9 Å². The number of nitrogens with one attached hydrogen (secondary N) is 1. The molecule has 2 aromatic rings. The molecule has 0 spiro atoms. The second-order valence-electron chi connectivity index (χ2n) is 4.51. The Hall–Kier alpha value is -1.59. The fraction of sp³-hybridized carbons (Fsp3) is 0.286. The number of benzene rings is 1. The minimum Gasteiger partial charge on any atom is -0.481 e. The van der Waals surface area contributed by atoms with E-state index in [1.807, 2.05) is 32.0 Å². The number of halogens is 1. The number of rotatable bonds is 5. The summed E-state index contributed by atoms with van der Waals surface area (Å²) in [6, 6.07) is 5.61. The SMILES string of the molecule is Cc1cc(Cl)ccc1Nc1nc(C)c(CCC(=O)O)s1. The molecule has 0 bridgehead atoms. The Labute approximate surface area is 126 Å². The van der Waals surface area contributed by atoms with Gasteiger partial charge in [-0.2, -0.15) is 0 Å². The Bertz CT molecular complexity index is 640. The van der Waals surface area contributed by atoms with Gasteiger partial charge in [0.05, 0.1) is 12.1 Å². The van der Waals surface area contributed by atoms with E-state index in [9.17, 15) is 4.79 Å². The molecular formula is C14H15ClN2O2S. The number of aromatic nitrogens is 1. The topological polar surface area (TPSA) is 62.2 Å². The number of anilines is 2. The maximum Gasteiger partial charge on any atom is 0.303 e. The molecule has 20 heavy (non-hydrogen) atoms. The van der Waals surface area contributed by atoms with E-state index in [2.05, 4.69) is 10.3 Å². The molecule has 0 saturated carbocycles. The minimum absolute atomic E-state index is 0.127. The van der Waals surface area contributed by atoms with Gasteiger partial charge in [0.15, 0.2) is 5.13 Å². The fourth-order valence-electron chi connectivity index (χ4n) is 1.82. The van der Waals surface area contributed by atoms with Crippen LogP contribution in [0.4, 0.5) is 10.8 Å². The molecule has 0 aliphatic carbocycles. The van der Waals surface area contributed by atoms with Gasteiger partial charge in [0.25, 0.3) is 0 Å². The molecule has 0 atom stereocenters. The van der Waals surface area contributed by atoms with Crippen LogP contribution in [-0.2, 0) is 11.2 Å². The molecule has 106 valence electrons. The number of hydrogen-bond acceptors (Lipinski definition) is 4. The molecular weight excluding hydrogens is 296 g/mol. The normalized spacial score (nSPS) is 10.6. The number of nitrogens with zero attached hydrogens (tertiary/aromatic N) is 1. The molecule has 2 N–H and O–H groups in total. The summed E-state index contributed by atoms with van der Waals surface area (Å²) in [5.74, 6) is -0.791. The van der Waals surface area contributed by atoms with E-state index in [0.29, 0.717) is 11.4 Å². The molecule has 0 aliphatic rings. The molecule has 1 aromatic heterocycles. The van der Waals surface area contributed by atoms with Crippen molar-refractivity contribution >= 4 is 39.7 Å². The van der Waals surface area contributed by atoms with Gasteiger partial charge in [-0.15, -0.1) is 11.3 Å². The summed E-state index contributed by atoms with van der Waals surface area (Å²) < 4.78 is 0. The predicted octanol–water partition coefficient (Wildman–Crippen LogP) is 4.17. The van der Waals surface area contributed by atoms with Gasteiger partial charge in [0.2, 0.25) is 0 Å². The quantitative estimate of drug-likeness (QED) is 0.870. The lowest BCUT2D eigenvalue weighted by Crippen LogP contribution is -1.96. The zero-order valence-corrected chi connectivity index (χ0v) is 12.8. The van der Waals surface area contributed by atoms with Crippen LogP contribution < -0.4 is 5.32 Å². The lowest BCUT2D eigenvalue weighted by Gasteiger charge is -2.06. The third-order valence-corrected chi connectivity index (χ3v) is 4.26. The highest BCUT2D eigenvalue weighted by atomic mass is 35.5. The van der Waals surface area contributed by atoms with Crippen molar-refractivity contribution in [1.29, 1.82) is 0 Å². The number of aryl methyl sites for hydroxylation is 3. The van der Waals surface area contributed by atoms with Crippen molar-refractivity contribution in [2.45, 2.75) is 26.7 Å². The van der Waals surface area contributed by atoms with Crippen LogP contribution in [0.1, 0.15) is 22.6 Å². The summed E-state index contributed by atoms with van der Waals surface area (Å²) in [5.41, 5.74) is 2.87. The Morgan fingerprint density at radius 3 is 2.85 bits per heavy atom. The monoisotopic (exact) mass is 310 g/mol. The summed E-state index contributed by atoms with van der Waals surface area (Å²) >= 11 is 7.41. The van der Waals surface area contributed by atoms with Crippen molar-refractivity contribution < 1.29 is 9.90 Å². The lowest BCUT2D eigenvalue weighted by atomic mass is 10.2. The van der Waals surface area contributed by atoms with Crippen LogP contribution in [0.25, 0.3) is 0 Å². The number of carboxylic acid groups (broad SMARTS) is 1. The van der Waals surface area contributed by atoms with E-state index < -0.39 is 5.97 Å². The largest absolute Gasteiger partial charge is 0.481 e. The van der Waals surface area contributed by atoms with Crippen LogP contribution in [0, 0.1) is 13.8 Å². The van der Waals surface area contributed by atoms with Crippen LogP contribution in [0.3, 0.4) is 0 Å². The second kappa shape index (κ2) is 6.24. The summed E-state index contributed by atoms with van der Waals surface area (Å²) in [6.07, 6.45) is 0.641. The molecule has 6 heteroatoms. The third-order valence-electron chi connectivity index (χ3n) is 2.89. The Morgan fingerprint density at radius 2 is 2.20 bits per heavy atom. The van der Waals surface area contributed by atoms with E-state index in [1.54, 1.807) is 0 Å². The van der Waals surface area contributed by atoms with E-state index >= 15 is 0 Å². The third kappa shape index (κ3) is 3.71. The highest BCUT2D eigenvalue weighted by molar-refractivity contribution is 7.15. The smallest absolute Gasteiger partial charge is 0.303 e. The average Bonchev–Trinajstić information content (AvgIpc) is 2.71. The predicted molar refractivity (Wildman–Crippen MR) is 82.3 cm³/mol. The molecule has 2 rings (SSSR count). The number of carboxylic acids is 1. The van der Waals surface area contributed by atoms with Gasteiger partial charge >= 0.3 is 5.97 Å². The molecule has 0 aliphatic heterocycles. The first-order valence-corrected chi connectivity index (χ1v) is 7.36. The van der Waals surface area contributed by atoms with Crippen LogP contribution in [-0.4, -0.2) is 16.1 Å². The molecule has 0 unspecified atom stereocenters. The van der Waals surface area contributed by atoms with Crippen molar-refractivity contribution in [2.24, 2.45) is 0 Å². The second-order valence-corrected chi connectivity index (χ2v) is 6.03. The molecule has 1 aromatic carbocycles. The molecule has 0 fully saturated rings. The average molecular weight is 311 g/mol.